The van der Waals surface area contributed by atoms with Crippen molar-refractivity contribution < 1.29 is 19.0 Å². The number of hydrogen-bond donors (Lipinski definition) is 1. The minimum atomic E-state index is -0.930. The van der Waals surface area contributed by atoms with Gasteiger partial charge in [0, 0.05) is 0 Å². The molecule has 1 heterocycles. The van der Waals surface area contributed by atoms with E-state index in [0.29, 0.717) is 0 Å². The molecule has 0 aromatic carbocycles. The van der Waals surface area contributed by atoms with Gasteiger partial charge in [-0.3, -0.25) is 4.98 Å². The average molecular weight is 255 g/mol. The Morgan fingerprint density at radius 3 is 2.50 bits per heavy atom. The number of aromatic nitrogens is 1. The summed E-state index contributed by atoms with van der Waals surface area (Å²) in [4.78, 5) is 15.6. The van der Waals surface area contributed by atoms with Crippen molar-refractivity contribution in [2.45, 2.75) is 39.9 Å². The predicted octanol–water partition coefficient (Wildman–Crippen LogP) is 2.48. The second-order valence-electron chi connectivity index (χ2n) is 4.73. The van der Waals surface area contributed by atoms with Crippen molar-refractivity contribution in [3.63, 3.8) is 0 Å². The van der Waals surface area contributed by atoms with Gasteiger partial charge in [-0.1, -0.05) is 13.8 Å². The third-order valence-electron chi connectivity index (χ3n) is 2.36. The van der Waals surface area contributed by atoms with Gasteiger partial charge in [-0.05, 0) is 25.8 Å². The van der Waals surface area contributed by atoms with Crippen molar-refractivity contribution >= 4 is 5.97 Å². The summed E-state index contributed by atoms with van der Waals surface area (Å²) in [5.41, 5.74) is 0.127. The van der Waals surface area contributed by atoms with E-state index in [9.17, 15) is 14.3 Å². The first-order chi connectivity index (χ1) is 8.32. The van der Waals surface area contributed by atoms with Crippen LogP contribution in [-0.4, -0.2) is 22.2 Å². The molecule has 0 fully saturated rings. The number of aliphatic hydroxyl groups is 1. The molecule has 100 valence electrons. The lowest BCUT2D eigenvalue weighted by molar-refractivity contribution is 0.0365. The predicted molar refractivity (Wildman–Crippen MR) is 64.5 cm³/mol. The average Bonchev–Trinajstić information content (AvgIpc) is 2.26. The first kappa shape index (κ1) is 14.6. The van der Waals surface area contributed by atoms with Gasteiger partial charge in [-0.25, -0.2) is 9.18 Å². The van der Waals surface area contributed by atoms with Gasteiger partial charge in [-0.15, -0.1) is 0 Å². The molecule has 0 saturated heterocycles. The van der Waals surface area contributed by atoms with Crippen molar-refractivity contribution in [2.75, 3.05) is 0 Å². The zero-order valence-electron chi connectivity index (χ0n) is 11.0. The number of esters is 1. The van der Waals surface area contributed by atoms with E-state index >= 15 is 0 Å². The van der Waals surface area contributed by atoms with E-state index < -0.39 is 17.9 Å². The molecule has 1 unspecified atom stereocenters. The molecule has 1 atom stereocenters. The maximum Gasteiger partial charge on any atom is 0.340 e. The van der Waals surface area contributed by atoms with Gasteiger partial charge in [0.2, 0.25) is 0 Å². The standard InChI is InChI=1S/C13H18FNO3/c1-7(2)12(16)11-10(5-9(14)6-15-11)13(17)18-8(3)4/h5-8,12,16H,1-4H3. The number of nitrogens with zero attached hydrogens (tertiary/aromatic N) is 1. The molecule has 0 aliphatic carbocycles. The van der Waals surface area contributed by atoms with Crippen LogP contribution in [0.1, 0.15) is 49.9 Å². The normalized spacial score (nSPS) is 12.9. The van der Waals surface area contributed by atoms with Gasteiger partial charge < -0.3 is 9.84 Å². The molecule has 0 aliphatic heterocycles. The van der Waals surface area contributed by atoms with Crippen molar-refractivity contribution in [1.29, 1.82) is 0 Å². The smallest absolute Gasteiger partial charge is 0.340 e. The van der Waals surface area contributed by atoms with Crippen LogP contribution < -0.4 is 0 Å². The Balaban J connectivity index is 3.15. The van der Waals surface area contributed by atoms with E-state index in [-0.39, 0.29) is 23.3 Å². The minimum absolute atomic E-state index is 0.0232. The van der Waals surface area contributed by atoms with Crippen molar-refractivity contribution in [2.24, 2.45) is 5.92 Å². The topological polar surface area (TPSA) is 59.4 Å². The number of hydrogen-bond acceptors (Lipinski definition) is 4. The van der Waals surface area contributed by atoms with Gasteiger partial charge in [0.05, 0.1) is 29.7 Å². The van der Waals surface area contributed by atoms with Crippen LogP contribution in [0.3, 0.4) is 0 Å². The third kappa shape index (κ3) is 3.50. The summed E-state index contributed by atoms with van der Waals surface area (Å²) >= 11 is 0. The van der Waals surface area contributed by atoms with Crippen molar-refractivity contribution in [1.82, 2.24) is 4.98 Å². The summed E-state index contributed by atoms with van der Waals surface area (Å²) in [6.07, 6.45) is -0.266. The highest BCUT2D eigenvalue weighted by molar-refractivity contribution is 5.90. The molecule has 0 saturated carbocycles. The number of carbonyl (C=O) groups excluding carboxylic acids is 1. The Bertz CT molecular complexity index is 432. The van der Waals surface area contributed by atoms with Gasteiger partial charge in [-0.2, -0.15) is 0 Å². The number of aliphatic hydroxyl groups excluding tert-OH is 1. The van der Waals surface area contributed by atoms with E-state index in [0.717, 1.165) is 12.3 Å². The van der Waals surface area contributed by atoms with E-state index in [2.05, 4.69) is 4.98 Å². The monoisotopic (exact) mass is 255 g/mol. The number of halogens is 1. The van der Waals surface area contributed by atoms with Crippen LogP contribution in [0.2, 0.25) is 0 Å². The fourth-order valence-corrected chi connectivity index (χ4v) is 1.44. The molecule has 1 rings (SSSR count). The zero-order chi connectivity index (χ0) is 13.9. The lowest BCUT2D eigenvalue weighted by Crippen LogP contribution is -2.18. The second kappa shape index (κ2) is 5.91. The fourth-order valence-electron chi connectivity index (χ4n) is 1.44. The number of carbonyl (C=O) groups is 1. The van der Waals surface area contributed by atoms with Crippen LogP contribution in [0.15, 0.2) is 12.3 Å². The SMILES string of the molecule is CC(C)OC(=O)c1cc(F)cnc1C(O)C(C)C. The Labute approximate surface area is 106 Å². The van der Waals surface area contributed by atoms with Gasteiger partial charge >= 0.3 is 5.97 Å². The van der Waals surface area contributed by atoms with Crippen LogP contribution >= 0.6 is 0 Å². The molecule has 1 aromatic rings. The molecular weight excluding hydrogens is 237 g/mol. The highest BCUT2D eigenvalue weighted by Gasteiger charge is 2.23. The summed E-state index contributed by atoms with van der Waals surface area (Å²) in [6.45, 7) is 6.97. The van der Waals surface area contributed by atoms with Crippen LogP contribution in [0.25, 0.3) is 0 Å². The molecule has 1 N–H and O–H groups in total. The highest BCUT2D eigenvalue weighted by atomic mass is 19.1. The molecule has 0 radical (unpaired) electrons. The van der Waals surface area contributed by atoms with Gasteiger partial charge in [0.15, 0.2) is 0 Å². The number of pyridine rings is 1. The number of rotatable bonds is 4. The van der Waals surface area contributed by atoms with Crippen LogP contribution in [0.4, 0.5) is 4.39 Å². The summed E-state index contributed by atoms with van der Waals surface area (Å²) < 4.78 is 18.2. The Kier molecular flexibility index (Phi) is 4.78. The van der Waals surface area contributed by atoms with Crippen LogP contribution in [-0.2, 0) is 4.74 Å². The molecule has 18 heavy (non-hydrogen) atoms. The Hall–Kier alpha value is -1.49. The molecular formula is C13H18FNO3. The fraction of sp³-hybridized carbons (Fsp3) is 0.538. The maximum atomic E-state index is 13.2. The van der Waals surface area contributed by atoms with Gasteiger partial charge in [0.1, 0.15) is 5.82 Å². The van der Waals surface area contributed by atoms with Gasteiger partial charge in [0.25, 0.3) is 0 Å². The van der Waals surface area contributed by atoms with E-state index in [4.69, 9.17) is 4.74 Å². The maximum absolute atomic E-state index is 13.2. The molecule has 1 aromatic heterocycles. The molecule has 0 aliphatic rings. The minimum Gasteiger partial charge on any atom is -0.459 e. The molecule has 4 nitrogen and oxygen atoms in total. The lowest BCUT2D eigenvalue weighted by Gasteiger charge is -2.17. The first-order valence-electron chi connectivity index (χ1n) is 5.87. The summed E-state index contributed by atoms with van der Waals surface area (Å²) in [5, 5.41) is 9.96. The Morgan fingerprint density at radius 2 is 2.00 bits per heavy atom. The molecule has 0 bridgehead atoms. The van der Waals surface area contributed by atoms with E-state index in [1.54, 1.807) is 27.7 Å². The third-order valence-corrected chi connectivity index (χ3v) is 2.36. The lowest BCUT2D eigenvalue weighted by atomic mass is 10.00. The highest BCUT2D eigenvalue weighted by Crippen LogP contribution is 2.24. The van der Waals surface area contributed by atoms with Crippen molar-refractivity contribution in [3.8, 4) is 0 Å². The summed E-state index contributed by atoms with van der Waals surface area (Å²) in [6, 6.07) is 1.04. The molecule has 5 heteroatoms. The van der Waals surface area contributed by atoms with E-state index in [1.807, 2.05) is 0 Å². The zero-order valence-corrected chi connectivity index (χ0v) is 11.0. The first-order valence-corrected chi connectivity index (χ1v) is 5.87. The number of ether oxygens (including phenoxy) is 1. The molecule has 0 spiro atoms. The summed E-state index contributed by atoms with van der Waals surface area (Å²) in [5.74, 6) is -1.44. The van der Waals surface area contributed by atoms with Crippen LogP contribution in [0, 0.1) is 11.7 Å². The largest absolute Gasteiger partial charge is 0.459 e. The Morgan fingerprint density at radius 1 is 1.39 bits per heavy atom. The summed E-state index contributed by atoms with van der Waals surface area (Å²) in [7, 11) is 0. The second-order valence-corrected chi connectivity index (χ2v) is 4.73. The van der Waals surface area contributed by atoms with Crippen LogP contribution in [0.5, 0.6) is 0 Å². The van der Waals surface area contributed by atoms with Crippen molar-refractivity contribution in [3.05, 3.63) is 29.3 Å². The van der Waals surface area contributed by atoms with E-state index in [1.165, 1.54) is 0 Å². The molecule has 0 amide bonds. The quantitative estimate of drug-likeness (QED) is 0.840.